The van der Waals surface area contributed by atoms with E-state index in [9.17, 15) is 4.79 Å². The van der Waals surface area contributed by atoms with Gasteiger partial charge in [-0.1, -0.05) is 18.2 Å². The molecule has 3 aromatic carbocycles. The van der Waals surface area contributed by atoms with Crippen LogP contribution in [0.1, 0.15) is 27.9 Å². The molecule has 0 saturated heterocycles. The van der Waals surface area contributed by atoms with Crippen molar-refractivity contribution in [2.24, 2.45) is 4.99 Å². The van der Waals surface area contributed by atoms with Crippen LogP contribution in [0.25, 0.3) is 12.2 Å². The molecule has 8 nitrogen and oxygen atoms in total. The van der Waals surface area contributed by atoms with Crippen molar-refractivity contribution < 1.29 is 28.5 Å². The Bertz CT molecular complexity index is 1260. The SMILES string of the molecule is COc1ccc(C(=O)CC=Nc2cc(/C=C\c3cc(OC)c(OC)c(OC)c3)ccc2OC)cc1N. The number of methoxy groups -OCH3 is 5. The molecule has 0 radical (unpaired) electrons. The lowest BCUT2D eigenvalue weighted by Crippen LogP contribution is -2.02. The molecule has 3 aromatic rings. The summed E-state index contributed by atoms with van der Waals surface area (Å²) in [5.41, 5.74) is 9.18. The molecule has 0 spiro atoms. The van der Waals surface area contributed by atoms with E-state index >= 15 is 0 Å². The molecule has 0 aliphatic heterocycles. The van der Waals surface area contributed by atoms with Gasteiger partial charge in [0.25, 0.3) is 0 Å². The van der Waals surface area contributed by atoms with Gasteiger partial charge < -0.3 is 29.4 Å². The zero-order chi connectivity index (χ0) is 26.1. The first kappa shape index (κ1) is 26.2. The molecule has 0 bridgehead atoms. The Kier molecular flexibility index (Phi) is 8.94. The molecule has 0 aromatic heterocycles. The van der Waals surface area contributed by atoms with Crippen molar-refractivity contribution in [3.63, 3.8) is 0 Å². The number of carbonyl (C=O) groups is 1. The number of anilines is 1. The zero-order valence-electron chi connectivity index (χ0n) is 21.0. The highest BCUT2D eigenvalue weighted by Crippen LogP contribution is 2.38. The first-order valence-electron chi connectivity index (χ1n) is 11.1. The molecule has 0 unspecified atom stereocenters. The topological polar surface area (TPSA) is 102 Å². The number of aliphatic imine (C=N–C) groups is 1. The highest BCUT2D eigenvalue weighted by Gasteiger charge is 2.12. The van der Waals surface area contributed by atoms with Crippen molar-refractivity contribution in [1.82, 2.24) is 0 Å². The number of ketones is 1. The zero-order valence-corrected chi connectivity index (χ0v) is 21.0. The van der Waals surface area contributed by atoms with Gasteiger partial charge in [0.1, 0.15) is 17.2 Å². The van der Waals surface area contributed by atoms with Gasteiger partial charge in [-0.05, 0) is 53.6 Å². The molecule has 0 fully saturated rings. The van der Waals surface area contributed by atoms with Crippen LogP contribution in [0.15, 0.2) is 53.5 Å². The third-order valence-corrected chi connectivity index (χ3v) is 5.42. The van der Waals surface area contributed by atoms with Gasteiger partial charge in [-0.15, -0.1) is 0 Å². The Labute approximate surface area is 210 Å². The van der Waals surface area contributed by atoms with Gasteiger partial charge in [0.15, 0.2) is 17.3 Å². The number of hydrogen-bond acceptors (Lipinski definition) is 8. The second kappa shape index (κ2) is 12.3. The van der Waals surface area contributed by atoms with Gasteiger partial charge in [-0.25, -0.2) is 0 Å². The lowest BCUT2D eigenvalue weighted by atomic mass is 10.1. The predicted octanol–water partition coefficient (Wildman–Crippen LogP) is 5.46. The van der Waals surface area contributed by atoms with Crippen molar-refractivity contribution in [1.29, 1.82) is 0 Å². The van der Waals surface area contributed by atoms with Crippen molar-refractivity contribution in [2.45, 2.75) is 6.42 Å². The molecule has 0 heterocycles. The summed E-state index contributed by atoms with van der Waals surface area (Å²) in [6.07, 6.45) is 5.54. The summed E-state index contributed by atoms with van der Waals surface area (Å²) in [4.78, 5) is 17.0. The average molecular weight is 491 g/mol. The van der Waals surface area contributed by atoms with E-state index in [2.05, 4.69) is 4.99 Å². The summed E-state index contributed by atoms with van der Waals surface area (Å²) >= 11 is 0. The van der Waals surface area contributed by atoms with Crippen LogP contribution < -0.4 is 29.4 Å². The molecule has 8 heteroatoms. The monoisotopic (exact) mass is 490 g/mol. The number of benzene rings is 3. The van der Waals surface area contributed by atoms with Crippen LogP contribution in [-0.4, -0.2) is 47.5 Å². The first-order chi connectivity index (χ1) is 17.4. The number of carbonyl (C=O) groups excluding carboxylic acids is 1. The second-order valence-corrected chi connectivity index (χ2v) is 7.62. The van der Waals surface area contributed by atoms with Crippen molar-refractivity contribution in [3.05, 3.63) is 65.2 Å². The average Bonchev–Trinajstić information content (AvgIpc) is 2.91. The third-order valence-electron chi connectivity index (χ3n) is 5.42. The van der Waals surface area contributed by atoms with Crippen LogP contribution in [0, 0.1) is 0 Å². The molecule has 36 heavy (non-hydrogen) atoms. The van der Waals surface area contributed by atoms with Gasteiger partial charge in [0.05, 0.1) is 41.2 Å². The van der Waals surface area contributed by atoms with Gasteiger partial charge in [-0.3, -0.25) is 9.79 Å². The maximum absolute atomic E-state index is 12.6. The van der Waals surface area contributed by atoms with E-state index in [1.807, 2.05) is 42.5 Å². The van der Waals surface area contributed by atoms with Gasteiger partial charge >= 0.3 is 0 Å². The smallest absolute Gasteiger partial charge is 0.203 e. The molecular formula is C28H30N2O6. The molecule has 0 amide bonds. The number of ether oxygens (including phenoxy) is 5. The van der Waals surface area contributed by atoms with Crippen LogP contribution >= 0.6 is 0 Å². The number of nitrogen functional groups attached to an aromatic ring is 1. The van der Waals surface area contributed by atoms with E-state index in [1.54, 1.807) is 52.9 Å². The first-order valence-corrected chi connectivity index (χ1v) is 11.1. The fourth-order valence-electron chi connectivity index (χ4n) is 3.55. The largest absolute Gasteiger partial charge is 0.495 e. The number of hydrogen-bond donors (Lipinski definition) is 1. The number of nitrogens with two attached hydrogens (primary N) is 1. The fraction of sp³-hybridized carbons (Fsp3) is 0.214. The number of Topliss-reactive ketones (excluding diaryl/α,β-unsaturated/α-hetero) is 1. The standard InChI is InChI=1S/C28H30N2O6/c1-32-24-11-9-20(17-21(24)29)23(31)12-13-30-22-14-18(8-10-25(22)33-2)6-7-19-15-26(34-3)28(36-5)27(16-19)35-4/h6-11,13-17H,12,29H2,1-5H3/b7-6-,30-13?. The molecule has 0 aliphatic carbocycles. The summed E-state index contributed by atoms with van der Waals surface area (Å²) < 4.78 is 26.8. The number of nitrogens with zero attached hydrogens (tertiary/aromatic N) is 1. The molecule has 0 atom stereocenters. The highest BCUT2D eigenvalue weighted by molar-refractivity contribution is 6.04. The highest BCUT2D eigenvalue weighted by atomic mass is 16.5. The second-order valence-electron chi connectivity index (χ2n) is 7.62. The van der Waals surface area contributed by atoms with Gasteiger partial charge in [0, 0.05) is 18.2 Å². The Morgan fingerprint density at radius 3 is 1.94 bits per heavy atom. The summed E-state index contributed by atoms with van der Waals surface area (Å²) in [5, 5.41) is 0. The molecule has 188 valence electrons. The predicted molar refractivity (Wildman–Crippen MR) is 143 cm³/mol. The maximum Gasteiger partial charge on any atom is 0.203 e. The van der Waals surface area contributed by atoms with Crippen LogP contribution in [0.3, 0.4) is 0 Å². The maximum atomic E-state index is 12.6. The van der Waals surface area contributed by atoms with Gasteiger partial charge in [0.2, 0.25) is 5.75 Å². The molecular weight excluding hydrogens is 460 g/mol. The Balaban J connectivity index is 1.79. The van der Waals surface area contributed by atoms with Crippen molar-refractivity contribution >= 4 is 35.5 Å². The Morgan fingerprint density at radius 1 is 0.750 bits per heavy atom. The van der Waals surface area contributed by atoms with Crippen LogP contribution in [0.2, 0.25) is 0 Å². The molecule has 0 aliphatic rings. The third kappa shape index (κ3) is 6.15. The lowest BCUT2D eigenvalue weighted by Gasteiger charge is -2.12. The van der Waals surface area contributed by atoms with E-state index in [-0.39, 0.29) is 12.2 Å². The molecule has 0 saturated carbocycles. The van der Waals surface area contributed by atoms with E-state index in [0.29, 0.717) is 45.7 Å². The van der Waals surface area contributed by atoms with Crippen LogP contribution in [0.5, 0.6) is 28.7 Å². The van der Waals surface area contributed by atoms with E-state index in [1.165, 1.54) is 7.11 Å². The quantitative estimate of drug-likeness (QED) is 0.165. The van der Waals surface area contributed by atoms with E-state index in [4.69, 9.17) is 29.4 Å². The Hall–Kier alpha value is -4.46. The van der Waals surface area contributed by atoms with Gasteiger partial charge in [-0.2, -0.15) is 0 Å². The minimum atomic E-state index is -0.106. The normalized spacial score (nSPS) is 11.0. The van der Waals surface area contributed by atoms with Crippen LogP contribution in [-0.2, 0) is 0 Å². The van der Waals surface area contributed by atoms with Crippen molar-refractivity contribution in [2.75, 3.05) is 41.3 Å². The fourth-order valence-corrected chi connectivity index (χ4v) is 3.55. The molecule has 2 N–H and O–H groups in total. The Morgan fingerprint density at radius 2 is 1.36 bits per heavy atom. The minimum Gasteiger partial charge on any atom is -0.495 e. The summed E-state index contributed by atoms with van der Waals surface area (Å²) in [6, 6.07) is 14.3. The minimum absolute atomic E-state index is 0.106. The van der Waals surface area contributed by atoms with Crippen LogP contribution in [0.4, 0.5) is 11.4 Å². The van der Waals surface area contributed by atoms with E-state index < -0.39 is 0 Å². The summed E-state index contributed by atoms with van der Waals surface area (Å²) in [5.74, 6) is 2.69. The number of rotatable bonds is 11. The molecule has 3 rings (SSSR count). The van der Waals surface area contributed by atoms with E-state index in [0.717, 1.165) is 11.1 Å². The van der Waals surface area contributed by atoms with Crippen molar-refractivity contribution in [3.8, 4) is 28.7 Å². The lowest BCUT2D eigenvalue weighted by molar-refractivity contribution is 0.100. The summed E-state index contributed by atoms with van der Waals surface area (Å²) in [6.45, 7) is 0. The summed E-state index contributed by atoms with van der Waals surface area (Å²) in [7, 11) is 7.82.